The Labute approximate surface area is 289 Å². The van der Waals surface area contributed by atoms with E-state index in [0.29, 0.717) is 106 Å². The number of carbonyl (C=O) groups is 1. The van der Waals surface area contributed by atoms with Crippen molar-refractivity contribution in [2.45, 2.75) is 32.0 Å². The van der Waals surface area contributed by atoms with Gasteiger partial charge in [0.25, 0.3) is 0 Å². The van der Waals surface area contributed by atoms with Gasteiger partial charge in [0, 0.05) is 67.4 Å². The highest BCUT2D eigenvalue weighted by molar-refractivity contribution is 7.91. The minimum atomic E-state index is -2.99. The van der Waals surface area contributed by atoms with E-state index in [2.05, 4.69) is 20.6 Å². The highest BCUT2D eigenvalue weighted by Crippen LogP contribution is 2.42. The van der Waals surface area contributed by atoms with E-state index in [4.69, 9.17) is 42.6 Å². The molecule has 4 heterocycles. The van der Waals surface area contributed by atoms with Crippen LogP contribution in [0.15, 0.2) is 48.8 Å². The van der Waals surface area contributed by atoms with E-state index in [9.17, 15) is 13.2 Å². The summed E-state index contributed by atoms with van der Waals surface area (Å²) in [6.07, 6.45) is 4.65. The second kappa shape index (κ2) is 14.7. The van der Waals surface area contributed by atoms with Crippen LogP contribution in [0.3, 0.4) is 0 Å². The summed E-state index contributed by atoms with van der Waals surface area (Å²) in [6, 6.07) is 11.3. The molecule has 6 rings (SSSR count). The Kier molecular flexibility index (Phi) is 10.4. The van der Waals surface area contributed by atoms with E-state index in [0.717, 1.165) is 6.42 Å². The van der Waals surface area contributed by atoms with Gasteiger partial charge in [0.2, 0.25) is 17.7 Å². The summed E-state index contributed by atoms with van der Waals surface area (Å²) in [5, 5.41) is 7.14. The van der Waals surface area contributed by atoms with Gasteiger partial charge >= 0.3 is 0 Å². The van der Waals surface area contributed by atoms with Gasteiger partial charge in [-0.15, -0.1) is 0 Å². The van der Waals surface area contributed by atoms with Crippen LogP contribution in [0.1, 0.15) is 24.2 Å². The maximum absolute atomic E-state index is 11.8. The second-order valence-corrected chi connectivity index (χ2v) is 14.7. The predicted molar refractivity (Wildman–Crippen MR) is 184 cm³/mol. The molecule has 0 aliphatic carbocycles. The van der Waals surface area contributed by atoms with Crippen molar-refractivity contribution in [1.82, 2.24) is 35.5 Å². The van der Waals surface area contributed by atoms with Crippen LogP contribution in [0.4, 0.5) is 0 Å². The first-order valence-electron chi connectivity index (χ1n) is 15.5. The van der Waals surface area contributed by atoms with Crippen molar-refractivity contribution >= 4 is 38.9 Å². The summed E-state index contributed by atoms with van der Waals surface area (Å²) in [7, 11) is 0.0819. The van der Waals surface area contributed by atoms with E-state index >= 15 is 0 Å². The molecule has 0 bridgehead atoms. The molecule has 2 saturated heterocycles. The lowest BCUT2D eigenvalue weighted by Gasteiger charge is -2.26. The lowest BCUT2D eigenvalue weighted by atomic mass is 9.98. The molecule has 0 spiro atoms. The summed E-state index contributed by atoms with van der Waals surface area (Å²) in [5.41, 5.74) is 5.01. The topological polar surface area (TPSA) is 149 Å². The van der Waals surface area contributed by atoms with Crippen LogP contribution in [-0.2, 0) is 27.7 Å². The predicted octanol–water partition coefficient (Wildman–Crippen LogP) is 4.19. The van der Waals surface area contributed by atoms with Crippen LogP contribution in [0, 0.1) is 0 Å². The zero-order chi connectivity index (χ0) is 33.8. The third-order valence-electron chi connectivity index (χ3n) is 8.43. The molecule has 48 heavy (non-hydrogen) atoms. The van der Waals surface area contributed by atoms with E-state index in [1.807, 2.05) is 41.3 Å². The second-order valence-electron chi connectivity index (χ2n) is 11.6. The molecule has 1 amide bonds. The number of methoxy groups -OCH3 is 2. The molecule has 2 aliphatic rings. The molecule has 2 aromatic heterocycles. The number of sulfone groups is 1. The Morgan fingerprint density at radius 2 is 1.42 bits per heavy atom. The van der Waals surface area contributed by atoms with E-state index in [-0.39, 0.29) is 23.5 Å². The summed E-state index contributed by atoms with van der Waals surface area (Å²) >= 11 is 14.1. The number of nitrogens with one attached hydrogen (secondary N) is 2. The van der Waals surface area contributed by atoms with Gasteiger partial charge in [0.15, 0.2) is 9.84 Å². The quantitative estimate of drug-likeness (QED) is 0.231. The standard InChI is InChI=1S/C33H35Cl2N7O5S/c1-46-32-27(16-36-15-20-9-10-29(43)39-20)37-17-25(40-32)23-7-3-5-21(30(23)34)22-6-4-8-24(31(22)35)26-18-38-28(33(41-26)47-2)19-42-11-13-48(44,45)14-12-42/h3-8,17-18,20,36H,9-16,19H2,1-2H3,(H,39,43)/t20-/m0/s1. The zero-order valence-corrected chi connectivity index (χ0v) is 28.8. The lowest BCUT2D eigenvalue weighted by Crippen LogP contribution is -2.39. The minimum Gasteiger partial charge on any atom is -0.480 e. The number of halogens is 2. The Morgan fingerprint density at radius 1 is 0.875 bits per heavy atom. The maximum Gasteiger partial charge on any atom is 0.237 e. The fourth-order valence-corrected chi connectivity index (χ4v) is 7.73. The number of aromatic nitrogens is 4. The number of amides is 1. The normalized spacial score (nSPS) is 17.7. The molecule has 2 fully saturated rings. The number of benzene rings is 2. The first kappa shape index (κ1) is 34.0. The van der Waals surface area contributed by atoms with Crippen LogP contribution in [-0.4, -0.2) is 90.6 Å². The molecule has 0 radical (unpaired) electrons. The smallest absolute Gasteiger partial charge is 0.237 e. The molecular weight excluding hydrogens is 677 g/mol. The Bertz CT molecular complexity index is 1930. The number of nitrogens with zero attached hydrogens (tertiary/aromatic N) is 5. The summed E-state index contributed by atoms with van der Waals surface area (Å²) in [4.78, 5) is 32.2. The molecule has 0 unspecified atom stereocenters. The van der Waals surface area contributed by atoms with Crippen molar-refractivity contribution in [2.75, 3.05) is 45.4 Å². The molecule has 1 atom stereocenters. The molecule has 15 heteroatoms. The van der Waals surface area contributed by atoms with Crippen molar-refractivity contribution in [2.24, 2.45) is 0 Å². The van der Waals surface area contributed by atoms with Gasteiger partial charge in [-0.2, -0.15) is 0 Å². The van der Waals surface area contributed by atoms with E-state index in [1.165, 1.54) is 7.11 Å². The molecule has 2 aromatic carbocycles. The van der Waals surface area contributed by atoms with Crippen molar-refractivity contribution in [3.63, 3.8) is 0 Å². The fraction of sp³-hybridized carbons (Fsp3) is 0.364. The summed E-state index contributed by atoms with van der Waals surface area (Å²) in [5.74, 6) is 1.04. The van der Waals surface area contributed by atoms with E-state index in [1.54, 1.807) is 19.5 Å². The molecule has 252 valence electrons. The van der Waals surface area contributed by atoms with Crippen molar-refractivity contribution in [3.05, 3.63) is 70.2 Å². The molecule has 0 saturated carbocycles. The monoisotopic (exact) mass is 711 g/mol. The van der Waals surface area contributed by atoms with Crippen molar-refractivity contribution < 1.29 is 22.7 Å². The highest BCUT2D eigenvalue weighted by Gasteiger charge is 2.24. The van der Waals surface area contributed by atoms with Gasteiger partial charge in [0.1, 0.15) is 11.4 Å². The summed E-state index contributed by atoms with van der Waals surface area (Å²) < 4.78 is 34.8. The highest BCUT2D eigenvalue weighted by atomic mass is 35.5. The van der Waals surface area contributed by atoms with E-state index < -0.39 is 9.84 Å². The van der Waals surface area contributed by atoms with Gasteiger partial charge in [-0.1, -0.05) is 59.6 Å². The van der Waals surface area contributed by atoms with Crippen LogP contribution in [0.5, 0.6) is 11.8 Å². The Morgan fingerprint density at radius 3 is 1.96 bits per heavy atom. The fourth-order valence-electron chi connectivity index (χ4n) is 5.80. The number of ether oxygens (including phenoxy) is 2. The number of hydrogen-bond donors (Lipinski definition) is 2. The zero-order valence-electron chi connectivity index (χ0n) is 26.5. The molecule has 12 nitrogen and oxygen atoms in total. The average Bonchev–Trinajstić information content (AvgIpc) is 3.51. The third kappa shape index (κ3) is 7.55. The van der Waals surface area contributed by atoms with Crippen molar-refractivity contribution in [3.8, 4) is 45.4 Å². The lowest BCUT2D eigenvalue weighted by molar-refractivity contribution is -0.119. The Hall–Kier alpha value is -3.88. The van der Waals surface area contributed by atoms with Gasteiger partial charge < -0.3 is 20.1 Å². The Balaban J connectivity index is 1.23. The first-order valence-corrected chi connectivity index (χ1v) is 18.0. The molecule has 4 aromatic rings. The minimum absolute atomic E-state index is 0.0748. The largest absolute Gasteiger partial charge is 0.480 e. The molecule has 2 aliphatic heterocycles. The SMILES string of the molecule is COc1nc(-c2cccc(-c3cccc(-c4cnc(CN5CCS(=O)(=O)CC5)c(OC)n4)c3Cl)c2Cl)cnc1CNC[C@@H]1CCC(=O)N1. The first-order chi connectivity index (χ1) is 23.2. The van der Waals surface area contributed by atoms with Crippen LogP contribution >= 0.6 is 23.2 Å². The number of hydrogen-bond acceptors (Lipinski definition) is 11. The van der Waals surface area contributed by atoms with Gasteiger partial charge in [-0.05, 0) is 6.42 Å². The summed E-state index contributed by atoms with van der Waals surface area (Å²) in [6.45, 7) is 2.35. The van der Waals surface area contributed by atoms with Gasteiger partial charge in [-0.25, -0.2) is 18.4 Å². The number of carbonyl (C=O) groups excluding carboxylic acids is 1. The van der Waals surface area contributed by atoms with Gasteiger partial charge in [0.05, 0.1) is 59.6 Å². The van der Waals surface area contributed by atoms with Gasteiger partial charge in [-0.3, -0.25) is 19.7 Å². The third-order valence-corrected chi connectivity index (χ3v) is 10.9. The van der Waals surface area contributed by atoms with Crippen LogP contribution in [0.25, 0.3) is 33.6 Å². The number of rotatable bonds is 11. The molecule has 2 N–H and O–H groups in total. The van der Waals surface area contributed by atoms with Crippen molar-refractivity contribution in [1.29, 1.82) is 0 Å². The maximum atomic E-state index is 11.8. The van der Waals surface area contributed by atoms with Crippen LogP contribution < -0.4 is 20.1 Å². The van der Waals surface area contributed by atoms with Crippen LogP contribution in [0.2, 0.25) is 10.0 Å². The average molecular weight is 713 g/mol. The molecular formula is C33H35Cl2N7O5S.